The molecule has 0 saturated carbocycles. The first kappa shape index (κ1) is 33.1. The van der Waals surface area contributed by atoms with Crippen LogP contribution in [0.5, 0.6) is 11.5 Å². The van der Waals surface area contributed by atoms with Gasteiger partial charge in [0.2, 0.25) is 0 Å². The van der Waals surface area contributed by atoms with Crippen LogP contribution in [-0.2, 0) is 35.1 Å². The Balaban J connectivity index is 3.16. The van der Waals surface area contributed by atoms with E-state index in [4.69, 9.17) is 24.7 Å². The highest BCUT2D eigenvalue weighted by atomic mass is 16.6. The molecule has 0 saturated heterocycles. The summed E-state index contributed by atoms with van der Waals surface area (Å²) in [7, 11) is 1.23. The Morgan fingerprint density at radius 3 is 1.95 bits per heavy atom. The van der Waals surface area contributed by atoms with E-state index >= 15 is 0 Å². The van der Waals surface area contributed by atoms with Crippen LogP contribution >= 0.6 is 0 Å². The topological polar surface area (TPSA) is 131 Å². The van der Waals surface area contributed by atoms with Gasteiger partial charge in [0.15, 0.2) is 11.5 Å². The number of nitrogens with two attached hydrogens (primary N) is 1. The van der Waals surface area contributed by atoms with Gasteiger partial charge >= 0.3 is 23.9 Å². The molecule has 0 aliphatic rings. The summed E-state index contributed by atoms with van der Waals surface area (Å²) in [4.78, 5) is 49.5. The Morgan fingerprint density at radius 2 is 1.45 bits per heavy atom. The van der Waals surface area contributed by atoms with E-state index in [9.17, 15) is 19.2 Å². The molecule has 9 heteroatoms. The van der Waals surface area contributed by atoms with Crippen molar-refractivity contribution in [2.45, 2.75) is 92.0 Å². The zero-order valence-corrected chi connectivity index (χ0v) is 24.0. The molecule has 2 N–H and O–H groups in total. The lowest BCUT2D eigenvalue weighted by atomic mass is 9.88. The summed E-state index contributed by atoms with van der Waals surface area (Å²) in [6, 6.07) is 4.70. The number of hydrogen-bond donors (Lipinski definition) is 1. The summed E-state index contributed by atoms with van der Waals surface area (Å²) in [5, 5.41) is 0. The molecule has 0 radical (unpaired) electrons. The minimum absolute atomic E-state index is 0.0126. The van der Waals surface area contributed by atoms with Crippen LogP contribution in [0.3, 0.4) is 0 Å². The van der Waals surface area contributed by atoms with Crippen molar-refractivity contribution < 1.29 is 38.1 Å². The first-order chi connectivity index (χ1) is 17.8. The van der Waals surface area contributed by atoms with Gasteiger partial charge in [-0.3, -0.25) is 19.2 Å². The second kappa shape index (κ2) is 16.1. The molecule has 0 spiro atoms. The van der Waals surface area contributed by atoms with Crippen LogP contribution in [-0.4, -0.2) is 43.1 Å². The van der Waals surface area contributed by atoms with Crippen LogP contribution in [0.15, 0.2) is 18.2 Å². The van der Waals surface area contributed by atoms with Crippen LogP contribution in [0.25, 0.3) is 0 Å². The Bertz CT molecular complexity index is 943. The van der Waals surface area contributed by atoms with Gasteiger partial charge in [-0.1, -0.05) is 47.6 Å². The van der Waals surface area contributed by atoms with E-state index in [0.29, 0.717) is 36.7 Å². The van der Waals surface area contributed by atoms with Crippen molar-refractivity contribution in [1.29, 1.82) is 0 Å². The summed E-state index contributed by atoms with van der Waals surface area (Å²) < 4.78 is 21.3. The predicted molar refractivity (Wildman–Crippen MR) is 144 cm³/mol. The van der Waals surface area contributed by atoms with E-state index in [0.717, 1.165) is 0 Å². The summed E-state index contributed by atoms with van der Waals surface area (Å²) in [5.41, 5.74) is 5.49. The van der Waals surface area contributed by atoms with E-state index in [1.807, 2.05) is 34.6 Å². The van der Waals surface area contributed by atoms with Gasteiger partial charge in [0, 0.05) is 25.7 Å². The molecule has 0 fully saturated rings. The van der Waals surface area contributed by atoms with Gasteiger partial charge in [-0.15, -0.1) is 0 Å². The molecule has 214 valence electrons. The van der Waals surface area contributed by atoms with Crippen LogP contribution < -0.4 is 15.2 Å². The molecule has 0 aliphatic heterocycles. The van der Waals surface area contributed by atoms with Gasteiger partial charge in [-0.25, -0.2) is 0 Å². The number of ether oxygens (including phenoxy) is 4. The van der Waals surface area contributed by atoms with Crippen LogP contribution in [0.1, 0.15) is 85.6 Å². The molecule has 38 heavy (non-hydrogen) atoms. The molecule has 9 nitrogen and oxygen atoms in total. The fraction of sp³-hybridized carbons (Fsp3) is 0.655. The smallest absolute Gasteiger partial charge is 0.326 e. The highest BCUT2D eigenvalue weighted by Crippen LogP contribution is 2.31. The third-order valence-corrected chi connectivity index (χ3v) is 6.23. The summed E-state index contributed by atoms with van der Waals surface area (Å²) in [5.74, 6) is -1.35. The minimum atomic E-state index is -1.50. The summed E-state index contributed by atoms with van der Waals surface area (Å²) in [6.07, 6.45) is 2.41. The predicted octanol–water partition coefficient (Wildman–Crippen LogP) is 4.76. The molecular formula is C29H45NO8. The fourth-order valence-electron chi connectivity index (χ4n) is 3.46. The van der Waals surface area contributed by atoms with E-state index in [1.54, 1.807) is 13.0 Å². The van der Waals surface area contributed by atoms with Crippen molar-refractivity contribution in [3.05, 3.63) is 23.8 Å². The zero-order valence-electron chi connectivity index (χ0n) is 24.0. The zero-order chi connectivity index (χ0) is 28.9. The highest BCUT2D eigenvalue weighted by Gasteiger charge is 2.36. The Hall–Kier alpha value is -2.94. The molecule has 1 unspecified atom stereocenters. The van der Waals surface area contributed by atoms with Crippen molar-refractivity contribution in [2.24, 2.45) is 23.5 Å². The standard InChI is InChI=1S/C29H45NO8/c1-8-21(6)27(33)36-16-15-29(30,28(34)35-7)18-22-11-12-23(37-25(31)13-9-19(2)3)24(17-22)38-26(32)14-10-20(4)5/h11-12,17,19-21H,8-10,13-16,18,30H2,1-7H3/t21-,29?/m0/s1. The highest BCUT2D eigenvalue weighted by molar-refractivity contribution is 5.81. The number of carbonyl (C=O) groups is 4. The molecule has 1 aromatic carbocycles. The van der Waals surface area contributed by atoms with Gasteiger partial charge in [-0.05, 0) is 48.8 Å². The van der Waals surface area contributed by atoms with E-state index in [-0.39, 0.29) is 55.7 Å². The summed E-state index contributed by atoms with van der Waals surface area (Å²) >= 11 is 0. The maximum Gasteiger partial charge on any atom is 0.326 e. The molecule has 0 heterocycles. The Morgan fingerprint density at radius 1 is 0.895 bits per heavy atom. The van der Waals surface area contributed by atoms with Gasteiger partial charge in [0.25, 0.3) is 0 Å². The quantitative estimate of drug-likeness (QED) is 0.235. The average molecular weight is 536 g/mol. The van der Waals surface area contributed by atoms with E-state index in [1.165, 1.54) is 19.2 Å². The van der Waals surface area contributed by atoms with Crippen LogP contribution in [0, 0.1) is 17.8 Å². The SMILES string of the molecule is CC[C@H](C)C(=O)OCCC(N)(Cc1ccc(OC(=O)CCC(C)C)c(OC(=O)CCC(C)C)c1)C(=O)OC. The molecule has 0 bridgehead atoms. The monoisotopic (exact) mass is 535 g/mol. The largest absolute Gasteiger partial charge is 0.468 e. The second-order valence-electron chi connectivity index (χ2n) is 10.6. The first-order valence-corrected chi connectivity index (χ1v) is 13.4. The normalized spacial score (nSPS) is 13.5. The molecule has 1 aromatic rings. The lowest BCUT2D eigenvalue weighted by molar-refractivity contribution is -0.153. The van der Waals surface area contributed by atoms with Crippen LogP contribution in [0.2, 0.25) is 0 Å². The second-order valence-corrected chi connectivity index (χ2v) is 10.6. The number of rotatable bonds is 16. The van der Waals surface area contributed by atoms with Crippen LogP contribution in [0.4, 0.5) is 0 Å². The number of hydrogen-bond acceptors (Lipinski definition) is 9. The maximum absolute atomic E-state index is 12.6. The third-order valence-electron chi connectivity index (χ3n) is 6.23. The van der Waals surface area contributed by atoms with E-state index in [2.05, 4.69) is 0 Å². The van der Waals surface area contributed by atoms with Gasteiger partial charge in [0.05, 0.1) is 19.6 Å². The lowest BCUT2D eigenvalue weighted by Crippen LogP contribution is -2.51. The Kier molecular flexibility index (Phi) is 14.0. The maximum atomic E-state index is 12.6. The van der Waals surface area contributed by atoms with Crippen molar-refractivity contribution in [1.82, 2.24) is 0 Å². The first-order valence-electron chi connectivity index (χ1n) is 13.4. The molecular weight excluding hydrogens is 490 g/mol. The van der Waals surface area contributed by atoms with E-state index < -0.39 is 23.4 Å². The van der Waals surface area contributed by atoms with Gasteiger partial charge in [-0.2, -0.15) is 0 Å². The minimum Gasteiger partial charge on any atom is -0.468 e. The number of benzene rings is 1. The number of esters is 4. The molecule has 1 rings (SSSR count). The third kappa shape index (κ3) is 11.6. The van der Waals surface area contributed by atoms with Gasteiger partial charge < -0.3 is 24.7 Å². The number of carbonyl (C=O) groups excluding carboxylic acids is 4. The Labute approximate surface area is 226 Å². The molecule has 2 atom stereocenters. The van der Waals surface area contributed by atoms with Crippen molar-refractivity contribution >= 4 is 23.9 Å². The molecule has 0 amide bonds. The number of methoxy groups -OCH3 is 1. The van der Waals surface area contributed by atoms with Crippen molar-refractivity contribution in [2.75, 3.05) is 13.7 Å². The fourth-order valence-corrected chi connectivity index (χ4v) is 3.46. The average Bonchev–Trinajstić information content (AvgIpc) is 2.86. The van der Waals surface area contributed by atoms with Gasteiger partial charge in [0.1, 0.15) is 5.54 Å². The molecule has 0 aromatic heterocycles. The van der Waals surface area contributed by atoms with Crippen molar-refractivity contribution in [3.8, 4) is 11.5 Å². The van der Waals surface area contributed by atoms with Crippen molar-refractivity contribution in [3.63, 3.8) is 0 Å². The molecule has 0 aliphatic carbocycles. The lowest BCUT2D eigenvalue weighted by Gasteiger charge is -2.27. The summed E-state index contributed by atoms with van der Waals surface area (Å²) in [6.45, 7) is 11.6.